The summed E-state index contributed by atoms with van der Waals surface area (Å²) in [6.45, 7) is 3.84. The van der Waals surface area contributed by atoms with Crippen LogP contribution in [0.3, 0.4) is 0 Å². The van der Waals surface area contributed by atoms with E-state index in [-0.39, 0.29) is 47.1 Å². The third-order valence-electron chi connectivity index (χ3n) is 10.0. The van der Waals surface area contributed by atoms with Crippen molar-refractivity contribution in [2.24, 2.45) is 0 Å². The van der Waals surface area contributed by atoms with E-state index in [9.17, 15) is 19.2 Å². The van der Waals surface area contributed by atoms with Crippen molar-refractivity contribution >= 4 is 58.5 Å². The number of aryl methyl sites for hydroxylation is 2. The fourth-order valence-electron chi connectivity index (χ4n) is 6.22. The van der Waals surface area contributed by atoms with E-state index in [2.05, 4.69) is 20.8 Å². The largest absolute Gasteiger partial charge is 0.383 e. The molecule has 6 N–H and O–H groups in total. The number of benzene rings is 4. The topological polar surface area (TPSA) is 180 Å². The molecule has 0 unspecified atom stereocenters. The zero-order valence-electron chi connectivity index (χ0n) is 32.6. The van der Waals surface area contributed by atoms with E-state index in [0.29, 0.717) is 44.8 Å². The molecule has 2 fully saturated rings. The second-order valence-corrected chi connectivity index (χ2v) is 16.1. The monoisotopic (exact) mass is 812 g/mol. The minimum atomic E-state index is -0.179. The van der Waals surface area contributed by atoms with E-state index < -0.39 is 0 Å². The standard InChI is InChI=1S/2C22H22N4O2S/c1-13-3-4-15(22(28)25-16-7-8-16)11-19(13)26-21(23)18(12-24-26)20(27)14-5-9-17(29-2)10-6-14;1-13-6-7-15(22(28)25-16-8-9-16)11-19(13)26-21(23)18(12-24-26)20(27)14-4-3-5-17(10-14)29-2/h3-6,9-12,16H,7-8,23H2,1-2H3,(H,25,28);3-7,10-12,16H,8-9,23H2,1-2H3,(H,25,28). The lowest BCUT2D eigenvalue weighted by molar-refractivity contribution is 0.0942. The predicted molar refractivity (Wildman–Crippen MR) is 230 cm³/mol. The summed E-state index contributed by atoms with van der Waals surface area (Å²) in [5.74, 6) is -0.0554. The Morgan fingerprint density at radius 3 is 1.48 bits per heavy atom. The minimum Gasteiger partial charge on any atom is -0.383 e. The SMILES string of the molecule is CSc1ccc(C(=O)c2cnn(-c3cc(C(=O)NC4CC4)ccc3C)c2N)cc1.CSc1cccc(C(=O)c2cnn(-c3cc(C(=O)NC4CC4)ccc3C)c2N)c1. The van der Waals surface area contributed by atoms with Crippen molar-refractivity contribution in [1.82, 2.24) is 30.2 Å². The van der Waals surface area contributed by atoms with Crippen LogP contribution in [0.5, 0.6) is 0 Å². The molecular weight excluding hydrogens is 769 g/mol. The molecule has 2 aliphatic carbocycles. The molecule has 296 valence electrons. The summed E-state index contributed by atoms with van der Waals surface area (Å²) in [6, 6.07) is 26.2. The lowest BCUT2D eigenvalue weighted by Crippen LogP contribution is -2.25. The zero-order chi connectivity index (χ0) is 41.1. The maximum Gasteiger partial charge on any atom is 0.251 e. The summed E-state index contributed by atoms with van der Waals surface area (Å²) in [7, 11) is 0. The molecule has 0 aliphatic heterocycles. The lowest BCUT2D eigenvalue weighted by Gasteiger charge is -2.11. The molecule has 2 aromatic heterocycles. The van der Waals surface area contributed by atoms with Crippen molar-refractivity contribution in [1.29, 1.82) is 0 Å². The summed E-state index contributed by atoms with van der Waals surface area (Å²) in [5, 5.41) is 14.6. The molecule has 58 heavy (non-hydrogen) atoms. The van der Waals surface area contributed by atoms with Gasteiger partial charge in [0.15, 0.2) is 11.6 Å². The molecule has 0 spiro atoms. The Hall–Kier alpha value is -6.12. The van der Waals surface area contributed by atoms with Gasteiger partial charge in [0.05, 0.1) is 34.9 Å². The molecule has 14 heteroatoms. The van der Waals surface area contributed by atoms with Crippen molar-refractivity contribution < 1.29 is 19.2 Å². The van der Waals surface area contributed by atoms with Crippen molar-refractivity contribution in [2.75, 3.05) is 24.0 Å². The molecule has 2 aliphatic rings. The highest BCUT2D eigenvalue weighted by Crippen LogP contribution is 2.28. The molecule has 4 aromatic carbocycles. The first-order valence-electron chi connectivity index (χ1n) is 18.8. The molecule has 12 nitrogen and oxygen atoms in total. The number of nitrogens with two attached hydrogens (primary N) is 2. The number of hydrogen-bond donors (Lipinski definition) is 4. The summed E-state index contributed by atoms with van der Waals surface area (Å²) >= 11 is 3.19. The molecule has 2 heterocycles. The van der Waals surface area contributed by atoms with E-state index in [1.54, 1.807) is 66.0 Å². The summed E-state index contributed by atoms with van der Waals surface area (Å²) in [6.07, 6.45) is 11.0. The highest BCUT2D eigenvalue weighted by atomic mass is 32.2. The maximum atomic E-state index is 13.0. The maximum absolute atomic E-state index is 13.0. The molecule has 8 rings (SSSR count). The van der Waals surface area contributed by atoms with Gasteiger partial charge < -0.3 is 22.1 Å². The van der Waals surface area contributed by atoms with Crippen LogP contribution in [0.15, 0.2) is 107 Å². The van der Waals surface area contributed by atoms with Crippen molar-refractivity contribution in [3.8, 4) is 11.4 Å². The first kappa shape index (κ1) is 40.1. The van der Waals surface area contributed by atoms with Gasteiger partial charge in [-0.1, -0.05) is 24.3 Å². The van der Waals surface area contributed by atoms with E-state index in [1.807, 2.05) is 68.8 Å². The Balaban J connectivity index is 0.000000177. The van der Waals surface area contributed by atoms with Crippen LogP contribution >= 0.6 is 23.5 Å². The van der Waals surface area contributed by atoms with Crippen LogP contribution in [-0.2, 0) is 0 Å². The third-order valence-corrected chi connectivity index (χ3v) is 11.5. The number of carbonyl (C=O) groups is 4. The van der Waals surface area contributed by atoms with Gasteiger partial charge in [0.25, 0.3) is 11.8 Å². The van der Waals surface area contributed by atoms with Gasteiger partial charge >= 0.3 is 0 Å². The Morgan fingerprint density at radius 1 is 0.586 bits per heavy atom. The third kappa shape index (κ3) is 8.88. The van der Waals surface area contributed by atoms with Crippen LogP contribution in [0.4, 0.5) is 11.6 Å². The van der Waals surface area contributed by atoms with Gasteiger partial charge in [-0.05, 0) is 124 Å². The number of nitrogen functional groups attached to an aromatic ring is 2. The van der Waals surface area contributed by atoms with E-state index >= 15 is 0 Å². The number of amides is 2. The van der Waals surface area contributed by atoms with Gasteiger partial charge in [-0.15, -0.1) is 23.5 Å². The normalized spacial score (nSPS) is 13.3. The average molecular weight is 813 g/mol. The number of aromatic nitrogens is 4. The molecular formula is C44H44N8O4S2. The van der Waals surface area contributed by atoms with Gasteiger partial charge in [0, 0.05) is 44.1 Å². The molecule has 6 aromatic rings. The molecule has 0 saturated heterocycles. The Kier molecular flexibility index (Phi) is 11.9. The number of hydrogen-bond acceptors (Lipinski definition) is 10. The van der Waals surface area contributed by atoms with Crippen LogP contribution < -0.4 is 22.1 Å². The summed E-state index contributed by atoms with van der Waals surface area (Å²) < 4.78 is 3.04. The van der Waals surface area contributed by atoms with Gasteiger partial charge in [-0.3, -0.25) is 19.2 Å². The highest BCUT2D eigenvalue weighted by molar-refractivity contribution is 7.98. The van der Waals surface area contributed by atoms with Crippen LogP contribution in [-0.4, -0.2) is 67.5 Å². The van der Waals surface area contributed by atoms with Crippen LogP contribution in [0.2, 0.25) is 0 Å². The highest BCUT2D eigenvalue weighted by Gasteiger charge is 2.26. The number of rotatable bonds is 12. The second-order valence-electron chi connectivity index (χ2n) is 14.3. The quantitative estimate of drug-likeness (QED) is 0.0728. The van der Waals surface area contributed by atoms with Crippen molar-refractivity contribution in [2.45, 2.75) is 61.4 Å². The van der Waals surface area contributed by atoms with E-state index in [0.717, 1.165) is 46.6 Å². The molecule has 2 amide bonds. The van der Waals surface area contributed by atoms with Gasteiger partial charge in [0.2, 0.25) is 0 Å². The fraction of sp³-hybridized carbons (Fsp3) is 0.227. The number of nitrogens with one attached hydrogen (secondary N) is 2. The summed E-state index contributed by atoms with van der Waals surface area (Å²) in [4.78, 5) is 52.8. The van der Waals surface area contributed by atoms with Crippen LogP contribution in [0.25, 0.3) is 11.4 Å². The molecule has 0 bridgehead atoms. The Labute approximate surface area is 345 Å². The lowest BCUT2D eigenvalue weighted by atomic mass is 10.1. The first-order valence-corrected chi connectivity index (χ1v) is 21.3. The number of ketones is 2. The van der Waals surface area contributed by atoms with E-state index in [4.69, 9.17) is 11.5 Å². The van der Waals surface area contributed by atoms with Crippen LogP contribution in [0, 0.1) is 13.8 Å². The molecule has 0 atom stereocenters. The minimum absolute atomic E-state index is 0.107. The van der Waals surface area contributed by atoms with E-state index in [1.165, 1.54) is 21.8 Å². The first-order chi connectivity index (χ1) is 27.9. The van der Waals surface area contributed by atoms with Crippen molar-refractivity contribution in [3.63, 3.8) is 0 Å². The number of thioether (sulfide) groups is 2. The number of anilines is 2. The smallest absolute Gasteiger partial charge is 0.251 e. The zero-order valence-corrected chi connectivity index (χ0v) is 34.2. The van der Waals surface area contributed by atoms with Gasteiger partial charge in [0.1, 0.15) is 11.6 Å². The summed E-state index contributed by atoms with van der Waals surface area (Å²) in [5.41, 5.74) is 18.7. The Bertz CT molecular complexity index is 2540. The van der Waals surface area contributed by atoms with Gasteiger partial charge in [-0.2, -0.15) is 10.2 Å². The number of carbonyl (C=O) groups excluding carboxylic acids is 4. The molecule has 0 radical (unpaired) electrons. The second kappa shape index (κ2) is 17.2. The van der Waals surface area contributed by atoms with Gasteiger partial charge in [-0.25, -0.2) is 9.36 Å². The Morgan fingerprint density at radius 2 is 1.03 bits per heavy atom. The average Bonchev–Trinajstić information content (AvgIpc) is 4.17. The fourth-order valence-corrected chi connectivity index (χ4v) is 7.09. The number of nitrogens with zero attached hydrogens (tertiary/aromatic N) is 4. The predicted octanol–water partition coefficient (Wildman–Crippen LogP) is 7.22. The van der Waals surface area contributed by atoms with Crippen LogP contribution in [0.1, 0.15) is 89.4 Å². The van der Waals surface area contributed by atoms with Crippen molar-refractivity contribution in [3.05, 3.63) is 142 Å². The molecule has 2 saturated carbocycles.